The number of nitrogens with zero attached hydrogens (tertiary/aromatic N) is 1. The smallest absolute Gasteiger partial charge is 0.131 e. The van der Waals surface area contributed by atoms with Gasteiger partial charge in [-0.15, -0.1) is 0 Å². The van der Waals surface area contributed by atoms with Gasteiger partial charge in [-0.2, -0.15) is 0 Å². The number of hydrogen-bond acceptors (Lipinski definition) is 5. The van der Waals surface area contributed by atoms with Gasteiger partial charge in [0.25, 0.3) is 0 Å². The van der Waals surface area contributed by atoms with Gasteiger partial charge in [0.2, 0.25) is 0 Å². The van der Waals surface area contributed by atoms with Crippen LogP contribution in [0.2, 0.25) is 0 Å². The fourth-order valence-electron chi connectivity index (χ4n) is 2.77. The Hall–Kier alpha value is 0.240. The van der Waals surface area contributed by atoms with Crippen molar-refractivity contribution in [3.8, 4) is 0 Å². The number of unbranched alkanes of at least 4 members (excludes halogenated alkanes) is 6. The molecule has 0 bridgehead atoms. The van der Waals surface area contributed by atoms with E-state index in [-0.39, 0.29) is 23.5 Å². The van der Waals surface area contributed by atoms with Crippen LogP contribution in [-0.4, -0.2) is 88.2 Å². The molecule has 0 heterocycles. The minimum atomic E-state index is -1.55. The third-order valence-electron chi connectivity index (χ3n) is 4.37. The molecule has 0 radical (unpaired) electrons. The van der Waals surface area contributed by atoms with Crippen molar-refractivity contribution in [2.24, 2.45) is 0 Å². The predicted molar refractivity (Wildman–Crippen MR) is 90.9 cm³/mol. The van der Waals surface area contributed by atoms with Gasteiger partial charge < -0.3 is 47.0 Å². The molecule has 24 heavy (non-hydrogen) atoms. The molecule has 0 aliphatic heterocycles. The van der Waals surface area contributed by atoms with Crippen LogP contribution in [0.5, 0.6) is 0 Å². The van der Waals surface area contributed by atoms with Crippen molar-refractivity contribution in [2.75, 3.05) is 33.8 Å². The lowest BCUT2D eigenvalue weighted by Gasteiger charge is -2.34. The van der Waals surface area contributed by atoms with E-state index in [2.05, 4.69) is 6.92 Å². The molecule has 5 N–H and O–H groups in total. The summed E-state index contributed by atoms with van der Waals surface area (Å²) in [5, 5.41) is 47.7. The van der Waals surface area contributed by atoms with Gasteiger partial charge in [0, 0.05) is 0 Å². The van der Waals surface area contributed by atoms with Crippen molar-refractivity contribution < 1.29 is 47.0 Å². The molecule has 0 saturated carbocycles. The van der Waals surface area contributed by atoms with Crippen LogP contribution >= 0.6 is 0 Å². The first-order valence-corrected chi connectivity index (χ1v) is 8.90. The molecule has 0 fully saturated rings. The highest BCUT2D eigenvalue weighted by atomic mass is 79.9. The molecule has 0 saturated heterocycles. The van der Waals surface area contributed by atoms with Gasteiger partial charge in [0.05, 0.1) is 27.2 Å². The Kier molecular flexibility index (Phi) is 15.9. The molecule has 7 heteroatoms. The summed E-state index contributed by atoms with van der Waals surface area (Å²) in [7, 11) is 3.95. The van der Waals surface area contributed by atoms with Crippen LogP contribution in [0.4, 0.5) is 0 Å². The lowest BCUT2D eigenvalue weighted by Crippen LogP contribution is -3.00. The van der Waals surface area contributed by atoms with E-state index < -0.39 is 31.0 Å². The number of likely N-dealkylation sites (N-methyl/N-ethyl adjacent to an activating group) is 1. The lowest BCUT2D eigenvalue weighted by molar-refractivity contribution is -0.894. The van der Waals surface area contributed by atoms with Crippen molar-refractivity contribution >= 4 is 0 Å². The number of aliphatic hydroxyl groups excluding tert-OH is 5. The number of quaternary nitrogens is 1. The topological polar surface area (TPSA) is 101 Å². The van der Waals surface area contributed by atoms with Crippen molar-refractivity contribution in [3.05, 3.63) is 0 Å². The summed E-state index contributed by atoms with van der Waals surface area (Å²) in [5.74, 6) is 0. The Morgan fingerprint density at radius 3 is 1.71 bits per heavy atom. The fraction of sp³-hybridized carbons (Fsp3) is 1.00. The second-order valence-corrected chi connectivity index (χ2v) is 7.26. The average molecular weight is 416 g/mol. The number of rotatable bonds is 14. The molecule has 148 valence electrons. The standard InChI is InChI=1S/C17H38NO5.BrH/c1-4-5-6-7-8-9-10-11-18(2,3)12-14(20)16(22)17(23)15(21)13-19;/h14-17,19-23H,4-13H2,1-3H3;1H/q+1;/p-1. The number of halogens is 1. The van der Waals surface area contributed by atoms with Gasteiger partial charge in [0.1, 0.15) is 31.0 Å². The van der Waals surface area contributed by atoms with Crippen molar-refractivity contribution in [1.29, 1.82) is 0 Å². The summed E-state index contributed by atoms with van der Waals surface area (Å²) < 4.78 is 0.537. The molecule has 0 amide bonds. The first-order valence-electron chi connectivity index (χ1n) is 8.90. The molecule has 0 rings (SSSR count). The summed E-state index contributed by atoms with van der Waals surface area (Å²) in [4.78, 5) is 0. The largest absolute Gasteiger partial charge is 1.00 e. The summed E-state index contributed by atoms with van der Waals surface area (Å²) in [6.07, 6.45) is 2.96. The molecule has 4 unspecified atom stereocenters. The van der Waals surface area contributed by atoms with E-state index in [4.69, 9.17) is 5.11 Å². The normalized spacial score (nSPS) is 17.0. The van der Waals surface area contributed by atoms with Crippen LogP contribution < -0.4 is 17.0 Å². The number of aliphatic hydroxyl groups is 5. The first kappa shape index (κ1) is 26.5. The van der Waals surface area contributed by atoms with E-state index in [0.717, 1.165) is 19.4 Å². The van der Waals surface area contributed by atoms with E-state index in [1.54, 1.807) is 0 Å². The Labute approximate surface area is 157 Å². The Morgan fingerprint density at radius 1 is 0.750 bits per heavy atom. The summed E-state index contributed by atoms with van der Waals surface area (Å²) in [6.45, 7) is 2.72. The second-order valence-electron chi connectivity index (χ2n) is 7.26. The van der Waals surface area contributed by atoms with Gasteiger partial charge in [-0.25, -0.2) is 0 Å². The first-order chi connectivity index (χ1) is 10.7. The Morgan fingerprint density at radius 2 is 1.21 bits per heavy atom. The van der Waals surface area contributed by atoms with Crippen LogP contribution in [0.3, 0.4) is 0 Å². The maximum Gasteiger partial charge on any atom is 0.131 e. The zero-order chi connectivity index (χ0) is 17.9. The zero-order valence-electron chi connectivity index (χ0n) is 15.4. The maximum absolute atomic E-state index is 10.0. The average Bonchev–Trinajstić information content (AvgIpc) is 2.51. The van der Waals surface area contributed by atoms with E-state index in [1.165, 1.54) is 32.1 Å². The quantitative estimate of drug-likeness (QED) is 0.156. The molecule has 0 aromatic rings. The fourth-order valence-corrected chi connectivity index (χ4v) is 2.77. The zero-order valence-corrected chi connectivity index (χ0v) is 17.0. The molecule has 0 aliphatic rings. The third-order valence-corrected chi connectivity index (χ3v) is 4.37. The van der Waals surface area contributed by atoms with Crippen LogP contribution in [0, 0.1) is 0 Å². The number of hydrogen-bond donors (Lipinski definition) is 5. The van der Waals surface area contributed by atoms with Gasteiger partial charge in [-0.3, -0.25) is 0 Å². The van der Waals surface area contributed by atoms with Crippen molar-refractivity contribution in [2.45, 2.75) is 76.3 Å². The van der Waals surface area contributed by atoms with Crippen LogP contribution in [0.25, 0.3) is 0 Å². The highest BCUT2D eigenvalue weighted by Crippen LogP contribution is 2.12. The predicted octanol–water partition coefficient (Wildman–Crippen LogP) is -2.75. The van der Waals surface area contributed by atoms with Gasteiger partial charge >= 0.3 is 0 Å². The van der Waals surface area contributed by atoms with E-state index >= 15 is 0 Å². The Bertz CT molecular complexity index is 294. The van der Waals surface area contributed by atoms with Gasteiger partial charge in [0.15, 0.2) is 0 Å². The third kappa shape index (κ3) is 11.7. The molecule has 0 spiro atoms. The molecule has 4 atom stereocenters. The molecule has 6 nitrogen and oxygen atoms in total. The highest BCUT2D eigenvalue weighted by Gasteiger charge is 2.33. The molecular weight excluding hydrogens is 378 g/mol. The molecule has 0 aromatic carbocycles. The molecule has 0 aromatic heterocycles. The van der Waals surface area contributed by atoms with Crippen LogP contribution in [0.1, 0.15) is 51.9 Å². The summed E-state index contributed by atoms with van der Waals surface area (Å²) >= 11 is 0. The van der Waals surface area contributed by atoms with Gasteiger partial charge in [-0.05, 0) is 12.8 Å². The van der Waals surface area contributed by atoms with Crippen LogP contribution in [0.15, 0.2) is 0 Å². The van der Waals surface area contributed by atoms with Crippen molar-refractivity contribution in [1.82, 2.24) is 0 Å². The molecule has 0 aliphatic carbocycles. The molecular formula is C17H38BrNO5. The summed E-state index contributed by atoms with van der Waals surface area (Å²) in [6, 6.07) is 0. The van der Waals surface area contributed by atoms with E-state index in [1.807, 2.05) is 14.1 Å². The second kappa shape index (κ2) is 14.4. The van der Waals surface area contributed by atoms with E-state index in [0.29, 0.717) is 4.48 Å². The monoisotopic (exact) mass is 415 g/mol. The SMILES string of the molecule is CCCCCCCCC[N+](C)(C)CC(O)C(O)C(O)C(O)CO.[Br-]. The minimum absolute atomic E-state index is 0. The summed E-state index contributed by atoms with van der Waals surface area (Å²) in [5.41, 5.74) is 0. The van der Waals surface area contributed by atoms with Crippen molar-refractivity contribution in [3.63, 3.8) is 0 Å². The highest BCUT2D eigenvalue weighted by molar-refractivity contribution is 4.80. The Balaban J connectivity index is 0. The minimum Gasteiger partial charge on any atom is -1.00 e. The lowest BCUT2D eigenvalue weighted by atomic mass is 10.0. The maximum atomic E-state index is 10.0. The van der Waals surface area contributed by atoms with E-state index in [9.17, 15) is 20.4 Å². The van der Waals surface area contributed by atoms with Crippen LogP contribution in [-0.2, 0) is 0 Å². The van der Waals surface area contributed by atoms with Gasteiger partial charge in [-0.1, -0.05) is 39.0 Å².